The number of para-hydroxylation sites is 3. The summed E-state index contributed by atoms with van der Waals surface area (Å²) in [6.45, 7) is 0. The van der Waals surface area contributed by atoms with Crippen molar-refractivity contribution >= 4 is 71.7 Å². The third-order valence-corrected chi connectivity index (χ3v) is 9.66. The van der Waals surface area contributed by atoms with Crippen LogP contribution in [0.3, 0.4) is 0 Å². The largest absolute Gasteiger partial charge is 0.456 e. The van der Waals surface area contributed by atoms with E-state index in [1.165, 1.54) is 21.9 Å². The van der Waals surface area contributed by atoms with Crippen molar-refractivity contribution in [2.75, 3.05) is 4.90 Å². The van der Waals surface area contributed by atoms with Gasteiger partial charge in [0.05, 0.1) is 16.8 Å². The molecule has 3 heteroatoms. The van der Waals surface area contributed by atoms with Crippen LogP contribution in [-0.4, -0.2) is 0 Å². The van der Waals surface area contributed by atoms with Crippen LogP contribution in [0, 0.1) is 0 Å². The van der Waals surface area contributed by atoms with Crippen LogP contribution in [0.4, 0.5) is 17.1 Å². The number of benzene rings is 8. The number of hydrogen-bond donors (Lipinski definition) is 0. The third-order valence-electron chi connectivity index (χ3n) is 9.66. The van der Waals surface area contributed by atoms with E-state index in [1.54, 1.807) is 0 Å². The summed E-state index contributed by atoms with van der Waals surface area (Å²) in [5, 5.41) is 6.83. The van der Waals surface area contributed by atoms with Gasteiger partial charge in [-0.1, -0.05) is 121 Å². The van der Waals surface area contributed by atoms with Gasteiger partial charge in [-0.25, -0.2) is 0 Å². The van der Waals surface area contributed by atoms with E-state index >= 15 is 0 Å². The van der Waals surface area contributed by atoms with E-state index in [-0.39, 0.29) is 0 Å². The highest BCUT2D eigenvalue weighted by molar-refractivity contribution is 6.14. The molecule has 10 aromatic rings. The monoisotopic (exact) mass is 627 g/mol. The molecule has 0 fully saturated rings. The molecule has 0 radical (unpaired) electrons. The van der Waals surface area contributed by atoms with Gasteiger partial charge in [0, 0.05) is 27.4 Å². The maximum atomic E-state index is 6.40. The fourth-order valence-electron chi connectivity index (χ4n) is 7.45. The average molecular weight is 628 g/mol. The first-order valence-corrected chi connectivity index (χ1v) is 16.6. The van der Waals surface area contributed by atoms with Crippen LogP contribution >= 0.6 is 0 Å². The maximum absolute atomic E-state index is 6.40. The first-order chi connectivity index (χ1) is 24.3. The molecule has 0 saturated carbocycles. The van der Waals surface area contributed by atoms with Crippen LogP contribution in [0.5, 0.6) is 0 Å². The number of rotatable bonds is 5. The van der Waals surface area contributed by atoms with E-state index < -0.39 is 0 Å². The number of furan rings is 2. The molecule has 49 heavy (non-hydrogen) atoms. The quantitative estimate of drug-likeness (QED) is 0.190. The summed E-state index contributed by atoms with van der Waals surface area (Å²) < 4.78 is 12.7. The Kier molecular flexibility index (Phi) is 6.18. The molecule has 0 unspecified atom stereocenters. The number of anilines is 3. The summed E-state index contributed by atoms with van der Waals surface area (Å²) in [6.07, 6.45) is 0. The highest BCUT2D eigenvalue weighted by Gasteiger charge is 2.23. The molecule has 0 aliphatic heterocycles. The van der Waals surface area contributed by atoms with Gasteiger partial charge in [0.2, 0.25) is 0 Å². The van der Waals surface area contributed by atoms with Crippen molar-refractivity contribution < 1.29 is 8.83 Å². The highest BCUT2D eigenvalue weighted by Crippen LogP contribution is 2.47. The van der Waals surface area contributed by atoms with Crippen molar-refractivity contribution in [3.8, 4) is 22.3 Å². The summed E-state index contributed by atoms with van der Waals surface area (Å²) in [5.74, 6) is 0. The van der Waals surface area contributed by atoms with Gasteiger partial charge < -0.3 is 13.7 Å². The van der Waals surface area contributed by atoms with Crippen LogP contribution in [0.2, 0.25) is 0 Å². The predicted molar refractivity (Wildman–Crippen MR) is 204 cm³/mol. The van der Waals surface area contributed by atoms with Crippen LogP contribution in [0.1, 0.15) is 0 Å². The topological polar surface area (TPSA) is 29.5 Å². The number of nitrogens with zero attached hydrogens (tertiary/aromatic N) is 1. The minimum atomic E-state index is 0.856. The fourth-order valence-corrected chi connectivity index (χ4v) is 7.45. The van der Waals surface area contributed by atoms with E-state index in [9.17, 15) is 0 Å². The van der Waals surface area contributed by atoms with Gasteiger partial charge >= 0.3 is 0 Å². The van der Waals surface area contributed by atoms with E-state index in [0.717, 1.165) is 72.1 Å². The first kappa shape index (κ1) is 27.5. The summed E-state index contributed by atoms with van der Waals surface area (Å²) in [7, 11) is 0. The van der Waals surface area contributed by atoms with Crippen molar-refractivity contribution in [3.05, 3.63) is 176 Å². The van der Waals surface area contributed by atoms with Gasteiger partial charge in [0.15, 0.2) is 0 Å². The predicted octanol–water partition coefficient (Wildman–Crippen LogP) is 13.4. The normalized spacial score (nSPS) is 11.7. The lowest BCUT2D eigenvalue weighted by atomic mass is 9.94. The van der Waals surface area contributed by atoms with E-state index in [4.69, 9.17) is 8.83 Å². The van der Waals surface area contributed by atoms with Gasteiger partial charge in [-0.05, 0) is 82.1 Å². The molecule has 230 valence electrons. The molecule has 0 aliphatic rings. The molecule has 0 N–H and O–H groups in total. The van der Waals surface area contributed by atoms with Gasteiger partial charge in [0.1, 0.15) is 22.3 Å². The van der Waals surface area contributed by atoms with Crippen LogP contribution < -0.4 is 4.90 Å². The minimum absolute atomic E-state index is 0.856. The Morgan fingerprint density at radius 2 is 0.918 bits per heavy atom. The Bertz CT molecular complexity index is 2850. The van der Waals surface area contributed by atoms with Crippen LogP contribution in [0.15, 0.2) is 185 Å². The van der Waals surface area contributed by atoms with Gasteiger partial charge in [0.25, 0.3) is 0 Å². The zero-order valence-corrected chi connectivity index (χ0v) is 26.5. The van der Waals surface area contributed by atoms with Crippen molar-refractivity contribution in [1.82, 2.24) is 0 Å². The molecular weight excluding hydrogens is 599 g/mol. The van der Waals surface area contributed by atoms with Crippen LogP contribution in [0.25, 0.3) is 76.9 Å². The number of fused-ring (bicyclic) bond motifs is 7. The Labute approximate surface area is 282 Å². The van der Waals surface area contributed by atoms with Crippen molar-refractivity contribution in [2.45, 2.75) is 0 Å². The van der Waals surface area contributed by atoms with E-state index in [0.29, 0.717) is 0 Å². The zero-order valence-electron chi connectivity index (χ0n) is 26.5. The smallest absolute Gasteiger partial charge is 0.137 e. The van der Waals surface area contributed by atoms with Crippen LogP contribution in [-0.2, 0) is 0 Å². The molecular formula is C46H29NO2. The molecule has 8 aromatic carbocycles. The number of hydrogen-bond acceptors (Lipinski definition) is 3. The summed E-state index contributed by atoms with van der Waals surface area (Å²) >= 11 is 0. The van der Waals surface area contributed by atoms with Crippen molar-refractivity contribution in [1.29, 1.82) is 0 Å². The van der Waals surface area contributed by atoms with Gasteiger partial charge in [-0.2, -0.15) is 0 Å². The Balaban J connectivity index is 1.23. The lowest BCUT2D eigenvalue weighted by molar-refractivity contribution is 0.668. The lowest BCUT2D eigenvalue weighted by Crippen LogP contribution is -2.11. The van der Waals surface area contributed by atoms with Gasteiger partial charge in [-0.3, -0.25) is 0 Å². The summed E-state index contributed by atoms with van der Waals surface area (Å²) in [5.41, 5.74) is 11.3. The molecule has 0 spiro atoms. The van der Waals surface area contributed by atoms with E-state index in [2.05, 4.69) is 157 Å². The van der Waals surface area contributed by atoms with Crippen molar-refractivity contribution in [3.63, 3.8) is 0 Å². The van der Waals surface area contributed by atoms with Crippen molar-refractivity contribution in [2.24, 2.45) is 0 Å². The molecule has 2 heterocycles. The maximum Gasteiger partial charge on any atom is 0.137 e. The Hall–Kier alpha value is -6.58. The lowest BCUT2D eigenvalue weighted by Gasteiger charge is -2.28. The molecule has 10 rings (SSSR count). The average Bonchev–Trinajstić information content (AvgIpc) is 3.74. The SMILES string of the molecule is c1cc(-c2ccccc2N(c2ccc3oc4ccccc4c3c2)c2cccc3oc4ccccc4c23)cc(-c2cccc3ccccc23)c1. The van der Waals surface area contributed by atoms with Gasteiger partial charge in [-0.15, -0.1) is 0 Å². The Morgan fingerprint density at radius 1 is 0.347 bits per heavy atom. The fraction of sp³-hybridized carbons (Fsp3) is 0. The summed E-state index contributed by atoms with van der Waals surface area (Å²) in [6, 6.07) is 62.1. The minimum Gasteiger partial charge on any atom is -0.456 e. The second kappa shape index (κ2) is 11.0. The molecule has 2 aromatic heterocycles. The highest BCUT2D eigenvalue weighted by atomic mass is 16.3. The molecule has 0 amide bonds. The molecule has 0 bridgehead atoms. The molecule has 0 saturated heterocycles. The Morgan fingerprint density at radius 3 is 1.82 bits per heavy atom. The first-order valence-electron chi connectivity index (χ1n) is 16.6. The molecule has 0 aliphatic carbocycles. The second-order valence-corrected chi connectivity index (χ2v) is 12.5. The zero-order chi connectivity index (χ0) is 32.3. The molecule has 0 atom stereocenters. The standard InChI is InChI=1S/C46H29NO2/c1-2-16-34-30(12-1)13-10-20-35(34)31-14-9-15-32(28-31)36-17-3-6-21-40(36)47(33-26-27-44-39(29-33)37-18-4-7-23-42(37)48-44)41-22-11-25-45-46(41)38-19-5-8-24-43(38)49-45/h1-29H. The second-order valence-electron chi connectivity index (χ2n) is 12.5. The third kappa shape index (κ3) is 4.44. The molecule has 3 nitrogen and oxygen atoms in total. The summed E-state index contributed by atoms with van der Waals surface area (Å²) in [4.78, 5) is 2.38. The van der Waals surface area contributed by atoms with E-state index in [1.807, 2.05) is 24.3 Å².